The minimum Gasteiger partial charge on any atom is -0.350 e. The number of nitrogens with one attached hydrogen (secondary N) is 1. The fourth-order valence-electron chi connectivity index (χ4n) is 2.44. The Balaban J connectivity index is 1.92. The number of anilines is 1. The summed E-state index contributed by atoms with van der Waals surface area (Å²) in [5, 5.41) is 3.33. The summed E-state index contributed by atoms with van der Waals surface area (Å²) in [7, 11) is 1.59. The normalized spacial score (nSPS) is 14.2. The zero-order valence-corrected chi connectivity index (χ0v) is 17.2. The minimum atomic E-state index is -0.344. The second-order valence-electron chi connectivity index (χ2n) is 7.50. The third-order valence-corrected chi connectivity index (χ3v) is 4.69. The van der Waals surface area contributed by atoms with Gasteiger partial charge in [-0.3, -0.25) is 24.3 Å². The lowest BCUT2D eigenvalue weighted by Gasteiger charge is -2.23. The van der Waals surface area contributed by atoms with Gasteiger partial charge in [0.2, 0.25) is 11.8 Å². The zero-order valence-electron chi connectivity index (χ0n) is 16.4. The van der Waals surface area contributed by atoms with E-state index in [1.54, 1.807) is 7.05 Å². The molecule has 1 aromatic carbocycles. The van der Waals surface area contributed by atoms with Crippen LogP contribution in [-0.2, 0) is 14.4 Å². The Labute approximate surface area is 164 Å². The third-order valence-electron chi connectivity index (χ3n) is 3.73. The van der Waals surface area contributed by atoms with Crippen molar-refractivity contribution >= 4 is 40.3 Å². The molecule has 3 amide bonds. The van der Waals surface area contributed by atoms with Crippen LogP contribution in [0.2, 0.25) is 0 Å². The van der Waals surface area contributed by atoms with Gasteiger partial charge in [-0.1, -0.05) is 29.5 Å². The first-order valence-electron chi connectivity index (χ1n) is 8.68. The van der Waals surface area contributed by atoms with E-state index < -0.39 is 0 Å². The lowest BCUT2D eigenvalue weighted by atomic mass is 10.1. The number of hydrogen-bond acceptors (Lipinski definition) is 5. The summed E-state index contributed by atoms with van der Waals surface area (Å²) in [6, 6.07) is 7.57. The van der Waals surface area contributed by atoms with E-state index in [0.29, 0.717) is 5.17 Å². The summed E-state index contributed by atoms with van der Waals surface area (Å²) in [5.41, 5.74) is 1.49. The van der Waals surface area contributed by atoms with Crippen LogP contribution in [0.15, 0.2) is 29.3 Å². The monoisotopic (exact) mass is 390 g/mol. The maximum Gasteiger partial charge on any atom is 0.254 e. The first kappa shape index (κ1) is 21.0. The van der Waals surface area contributed by atoms with Crippen LogP contribution in [0.5, 0.6) is 0 Å². The van der Waals surface area contributed by atoms with Crippen LogP contribution in [0.4, 0.5) is 5.69 Å². The molecule has 146 valence electrons. The second kappa shape index (κ2) is 8.56. The van der Waals surface area contributed by atoms with Crippen LogP contribution >= 0.6 is 11.8 Å². The van der Waals surface area contributed by atoms with Crippen LogP contribution in [0, 0.1) is 6.92 Å². The Kier molecular flexibility index (Phi) is 6.64. The largest absolute Gasteiger partial charge is 0.350 e. The van der Waals surface area contributed by atoms with E-state index in [4.69, 9.17) is 0 Å². The number of carbonyl (C=O) groups excluding carboxylic acids is 3. The van der Waals surface area contributed by atoms with Crippen molar-refractivity contribution in [3.05, 3.63) is 29.8 Å². The van der Waals surface area contributed by atoms with Gasteiger partial charge in [-0.05, 0) is 39.8 Å². The molecule has 0 unspecified atom stereocenters. The smallest absolute Gasteiger partial charge is 0.254 e. The molecule has 1 heterocycles. The summed E-state index contributed by atoms with van der Waals surface area (Å²) in [4.78, 5) is 43.6. The van der Waals surface area contributed by atoms with Crippen LogP contribution < -0.4 is 10.2 Å². The maximum atomic E-state index is 12.3. The lowest BCUT2D eigenvalue weighted by Crippen LogP contribution is -2.46. The van der Waals surface area contributed by atoms with Gasteiger partial charge in [-0.15, -0.1) is 0 Å². The SMILES string of the molecule is Cc1ccc(N2C(=O)CN=C2SCC(=O)N(C)CC(=O)NC(C)(C)C)cc1. The Morgan fingerprint density at radius 3 is 2.48 bits per heavy atom. The molecule has 1 N–H and O–H groups in total. The predicted octanol–water partition coefficient (Wildman–Crippen LogP) is 1.80. The molecule has 1 aromatic rings. The van der Waals surface area contributed by atoms with E-state index in [1.807, 2.05) is 52.0 Å². The molecule has 0 aliphatic carbocycles. The average molecular weight is 391 g/mol. The Morgan fingerprint density at radius 2 is 1.89 bits per heavy atom. The predicted molar refractivity (Wildman–Crippen MR) is 109 cm³/mol. The topological polar surface area (TPSA) is 82.1 Å². The summed E-state index contributed by atoms with van der Waals surface area (Å²) < 4.78 is 0. The fourth-order valence-corrected chi connectivity index (χ4v) is 3.40. The highest BCUT2D eigenvalue weighted by atomic mass is 32.2. The van der Waals surface area contributed by atoms with Gasteiger partial charge in [0.05, 0.1) is 18.0 Å². The van der Waals surface area contributed by atoms with Gasteiger partial charge in [0.15, 0.2) is 5.17 Å². The number of nitrogens with zero attached hydrogens (tertiary/aromatic N) is 3. The number of rotatable bonds is 5. The number of likely N-dealkylation sites (N-methyl/N-ethyl adjacent to an activating group) is 1. The molecule has 8 heteroatoms. The van der Waals surface area contributed by atoms with Gasteiger partial charge in [-0.2, -0.15) is 0 Å². The Morgan fingerprint density at radius 1 is 1.26 bits per heavy atom. The van der Waals surface area contributed by atoms with Crippen molar-refractivity contribution in [2.24, 2.45) is 4.99 Å². The number of amidine groups is 1. The van der Waals surface area contributed by atoms with E-state index in [-0.39, 0.29) is 42.1 Å². The molecule has 0 fully saturated rings. The van der Waals surface area contributed by atoms with Crippen molar-refractivity contribution in [2.45, 2.75) is 33.2 Å². The third kappa shape index (κ3) is 6.09. The molecular formula is C19H26N4O3S. The second-order valence-corrected chi connectivity index (χ2v) is 8.44. The summed E-state index contributed by atoms with van der Waals surface area (Å²) in [6.07, 6.45) is 0. The van der Waals surface area contributed by atoms with E-state index in [1.165, 1.54) is 21.6 Å². The number of aryl methyl sites for hydroxylation is 1. The number of benzene rings is 1. The highest BCUT2D eigenvalue weighted by Gasteiger charge is 2.28. The summed E-state index contributed by atoms with van der Waals surface area (Å²) in [5.74, 6) is -0.423. The molecule has 1 aliphatic rings. The van der Waals surface area contributed by atoms with E-state index in [9.17, 15) is 14.4 Å². The van der Waals surface area contributed by atoms with Crippen LogP contribution in [0.1, 0.15) is 26.3 Å². The quantitative estimate of drug-likeness (QED) is 0.831. The summed E-state index contributed by atoms with van der Waals surface area (Å²) >= 11 is 1.20. The highest BCUT2D eigenvalue weighted by molar-refractivity contribution is 8.14. The van der Waals surface area contributed by atoms with Gasteiger partial charge in [0.1, 0.15) is 6.54 Å². The molecule has 1 aliphatic heterocycles. The molecule has 2 rings (SSSR count). The van der Waals surface area contributed by atoms with Crippen LogP contribution in [0.25, 0.3) is 0 Å². The van der Waals surface area contributed by atoms with Crippen LogP contribution in [0.3, 0.4) is 0 Å². The molecule has 0 aromatic heterocycles. The standard InChI is InChI=1S/C19H26N4O3S/c1-13-6-8-14(9-7-13)23-16(25)10-20-18(23)27-12-17(26)22(5)11-15(24)21-19(2,3)4/h6-9H,10-12H2,1-5H3,(H,21,24). The Bertz CT molecular complexity index is 753. The maximum absolute atomic E-state index is 12.3. The average Bonchev–Trinajstić information content (AvgIpc) is 2.92. The number of amides is 3. The number of hydrogen-bond donors (Lipinski definition) is 1. The molecule has 27 heavy (non-hydrogen) atoms. The molecule has 7 nitrogen and oxygen atoms in total. The molecular weight excluding hydrogens is 364 g/mol. The lowest BCUT2D eigenvalue weighted by molar-refractivity contribution is -0.133. The van der Waals surface area contributed by atoms with E-state index in [2.05, 4.69) is 10.3 Å². The van der Waals surface area contributed by atoms with Crippen LogP contribution in [-0.4, -0.2) is 59.2 Å². The molecule has 0 spiro atoms. The molecule has 0 bridgehead atoms. The van der Waals surface area contributed by atoms with Crippen molar-refractivity contribution in [2.75, 3.05) is 30.8 Å². The van der Waals surface area contributed by atoms with Gasteiger partial charge in [0.25, 0.3) is 5.91 Å². The van der Waals surface area contributed by atoms with E-state index in [0.717, 1.165) is 11.3 Å². The number of thioether (sulfide) groups is 1. The minimum absolute atomic E-state index is 0.0102. The highest BCUT2D eigenvalue weighted by Crippen LogP contribution is 2.24. The first-order valence-corrected chi connectivity index (χ1v) is 9.67. The van der Waals surface area contributed by atoms with Crippen molar-refractivity contribution in [1.29, 1.82) is 0 Å². The van der Waals surface area contributed by atoms with Crippen molar-refractivity contribution in [3.63, 3.8) is 0 Å². The van der Waals surface area contributed by atoms with Gasteiger partial charge >= 0.3 is 0 Å². The van der Waals surface area contributed by atoms with Gasteiger partial charge < -0.3 is 10.2 Å². The van der Waals surface area contributed by atoms with Crippen molar-refractivity contribution in [1.82, 2.24) is 10.2 Å². The number of carbonyl (C=O) groups is 3. The van der Waals surface area contributed by atoms with Crippen molar-refractivity contribution in [3.8, 4) is 0 Å². The Hall–Kier alpha value is -2.35. The number of aliphatic imine (C=N–C) groups is 1. The fraction of sp³-hybridized carbons (Fsp3) is 0.474. The van der Waals surface area contributed by atoms with Gasteiger partial charge in [-0.25, -0.2) is 0 Å². The molecule has 0 saturated heterocycles. The van der Waals surface area contributed by atoms with E-state index >= 15 is 0 Å². The zero-order chi connectivity index (χ0) is 20.2. The molecule has 0 atom stereocenters. The molecule has 0 saturated carbocycles. The first-order chi connectivity index (χ1) is 12.6. The van der Waals surface area contributed by atoms with Crippen molar-refractivity contribution < 1.29 is 14.4 Å². The van der Waals surface area contributed by atoms with Gasteiger partial charge in [0, 0.05) is 12.6 Å². The summed E-state index contributed by atoms with van der Waals surface area (Å²) in [6.45, 7) is 7.70. The molecule has 0 radical (unpaired) electrons.